The van der Waals surface area contributed by atoms with Gasteiger partial charge in [0.15, 0.2) is 6.10 Å². The molecule has 1 heterocycles. The molecule has 7 nitrogen and oxygen atoms in total. The van der Waals surface area contributed by atoms with Gasteiger partial charge in [-0.25, -0.2) is 5.10 Å². The summed E-state index contributed by atoms with van der Waals surface area (Å²) in [5.41, 5.74) is 0.0939. The van der Waals surface area contributed by atoms with Gasteiger partial charge in [0.1, 0.15) is 0 Å². The van der Waals surface area contributed by atoms with Crippen LogP contribution in [0.15, 0.2) is 29.1 Å². The van der Waals surface area contributed by atoms with Gasteiger partial charge in [0.25, 0.3) is 11.5 Å². The lowest BCUT2D eigenvalue weighted by Crippen LogP contribution is -2.36. The monoisotopic (exact) mass is 317 g/mol. The molecule has 2 N–H and O–H groups in total. The van der Waals surface area contributed by atoms with Crippen LogP contribution < -0.4 is 10.9 Å². The van der Waals surface area contributed by atoms with Gasteiger partial charge in [-0.2, -0.15) is 5.10 Å². The van der Waals surface area contributed by atoms with Gasteiger partial charge in [-0.05, 0) is 19.4 Å². The van der Waals surface area contributed by atoms with Crippen molar-refractivity contribution in [3.05, 3.63) is 40.3 Å². The predicted molar refractivity (Wildman–Crippen MR) is 84.9 cm³/mol. The van der Waals surface area contributed by atoms with E-state index in [9.17, 15) is 14.4 Å². The standard InChI is InChI=1S/C16H19N3O4/c1-3-8-17-15(21)10(2)23-14(20)9-13-11-6-4-5-7-12(11)16(22)19-18-13/h4-7,10H,3,8-9H2,1-2H3,(H,17,21)(H,19,22)/t10-/m1/s1. The minimum Gasteiger partial charge on any atom is -0.452 e. The lowest BCUT2D eigenvalue weighted by Gasteiger charge is -2.13. The van der Waals surface area contributed by atoms with Crippen molar-refractivity contribution in [3.63, 3.8) is 0 Å². The Balaban J connectivity index is 2.08. The molecule has 0 saturated heterocycles. The van der Waals surface area contributed by atoms with Crippen molar-refractivity contribution >= 4 is 22.6 Å². The van der Waals surface area contributed by atoms with Gasteiger partial charge in [-0.3, -0.25) is 14.4 Å². The third-order valence-corrected chi connectivity index (χ3v) is 3.31. The average Bonchev–Trinajstić information content (AvgIpc) is 2.55. The summed E-state index contributed by atoms with van der Waals surface area (Å²) in [5.74, 6) is -0.909. The number of ether oxygens (including phenoxy) is 1. The van der Waals surface area contributed by atoms with E-state index in [1.165, 1.54) is 6.92 Å². The Morgan fingerprint density at radius 3 is 2.70 bits per heavy atom. The molecule has 2 rings (SSSR count). The Morgan fingerprint density at radius 2 is 2.00 bits per heavy atom. The van der Waals surface area contributed by atoms with Crippen LogP contribution in [-0.4, -0.2) is 34.7 Å². The molecule has 1 atom stereocenters. The van der Waals surface area contributed by atoms with Crippen LogP contribution in [0, 0.1) is 0 Å². The quantitative estimate of drug-likeness (QED) is 0.772. The van der Waals surface area contributed by atoms with E-state index < -0.39 is 12.1 Å². The molecular formula is C16H19N3O4. The van der Waals surface area contributed by atoms with Crippen molar-refractivity contribution < 1.29 is 14.3 Å². The topological polar surface area (TPSA) is 101 Å². The van der Waals surface area contributed by atoms with E-state index in [4.69, 9.17) is 4.74 Å². The maximum atomic E-state index is 12.0. The summed E-state index contributed by atoms with van der Waals surface area (Å²) in [6.45, 7) is 3.98. The highest BCUT2D eigenvalue weighted by atomic mass is 16.5. The van der Waals surface area contributed by atoms with E-state index in [0.29, 0.717) is 23.0 Å². The molecule has 7 heteroatoms. The summed E-state index contributed by atoms with van der Waals surface area (Å²) < 4.78 is 5.11. The third kappa shape index (κ3) is 4.15. The molecule has 0 radical (unpaired) electrons. The van der Waals surface area contributed by atoms with Crippen molar-refractivity contribution in [3.8, 4) is 0 Å². The molecule has 1 aromatic carbocycles. The lowest BCUT2D eigenvalue weighted by atomic mass is 10.1. The largest absolute Gasteiger partial charge is 0.452 e. The highest BCUT2D eigenvalue weighted by Crippen LogP contribution is 2.13. The second-order valence-corrected chi connectivity index (χ2v) is 5.14. The maximum absolute atomic E-state index is 12.0. The summed E-state index contributed by atoms with van der Waals surface area (Å²) >= 11 is 0. The number of esters is 1. The number of benzene rings is 1. The fourth-order valence-electron chi connectivity index (χ4n) is 2.13. The van der Waals surface area contributed by atoms with Gasteiger partial charge in [0.05, 0.1) is 17.5 Å². The fraction of sp³-hybridized carbons (Fsp3) is 0.375. The molecule has 2 aromatic rings. The van der Waals surface area contributed by atoms with E-state index in [1.807, 2.05) is 6.92 Å². The van der Waals surface area contributed by atoms with Crippen LogP contribution in [0.1, 0.15) is 26.0 Å². The predicted octanol–water partition coefficient (Wildman–Crippen LogP) is 0.923. The first-order valence-electron chi connectivity index (χ1n) is 7.46. The minimum atomic E-state index is -0.872. The highest BCUT2D eigenvalue weighted by Gasteiger charge is 2.19. The molecular weight excluding hydrogens is 298 g/mol. The number of rotatable bonds is 6. The van der Waals surface area contributed by atoms with Gasteiger partial charge in [-0.1, -0.05) is 25.1 Å². The van der Waals surface area contributed by atoms with Crippen LogP contribution in [0.5, 0.6) is 0 Å². The van der Waals surface area contributed by atoms with E-state index in [0.717, 1.165) is 6.42 Å². The summed E-state index contributed by atoms with van der Waals surface area (Å²) in [6.07, 6.45) is -0.189. The summed E-state index contributed by atoms with van der Waals surface area (Å²) in [5, 5.41) is 9.98. The van der Waals surface area contributed by atoms with Gasteiger partial charge in [0, 0.05) is 11.9 Å². The zero-order valence-corrected chi connectivity index (χ0v) is 13.1. The first-order valence-corrected chi connectivity index (χ1v) is 7.46. The van der Waals surface area contributed by atoms with Crippen molar-refractivity contribution in [1.82, 2.24) is 15.5 Å². The molecule has 0 aliphatic heterocycles. The molecule has 0 unspecified atom stereocenters. The van der Waals surface area contributed by atoms with Crippen molar-refractivity contribution in [2.45, 2.75) is 32.8 Å². The number of aromatic amines is 1. The molecule has 0 spiro atoms. The SMILES string of the molecule is CCCNC(=O)[C@@H](C)OC(=O)Cc1n[nH]c(=O)c2ccccc12. The fourth-order valence-corrected chi connectivity index (χ4v) is 2.13. The van der Waals surface area contributed by atoms with E-state index in [1.54, 1.807) is 24.3 Å². The van der Waals surface area contributed by atoms with Gasteiger partial charge < -0.3 is 10.1 Å². The molecule has 0 aliphatic carbocycles. The molecule has 1 amide bonds. The maximum Gasteiger partial charge on any atom is 0.312 e. The van der Waals surface area contributed by atoms with Crippen LogP contribution in [0.3, 0.4) is 0 Å². The molecule has 23 heavy (non-hydrogen) atoms. The average molecular weight is 317 g/mol. The van der Waals surface area contributed by atoms with Gasteiger partial charge in [0.2, 0.25) is 0 Å². The molecule has 0 saturated carbocycles. The molecule has 0 aliphatic rings. The number of hydrogen-bond acceptors (Lipinski definition) is 5. The number of hydrogen-bond donors (Lipinski definition) is 2. The van der Waals surface area contributed by atoms with Crippen molar-refractivity contribution in [2.75, 3.05) is 6.54 Å². The number of amides is 1. The number of fused-ring (bicyclic) bond motifs is 1. The minimum absolute atomic E-state index is 0.122. The molecule has 1 aromatic heterocycles. The van der Waals surface area contributed by atoms with Crippen molar-refractivity contribution in [2.24, 2.45) is 0 Å². The Kier molecular flexibility index (Phi) is 5.46. The molecule has 0 fully saturated rings. The van der Waals surface area contributed by atoms with Crippen LogP contribution in [0.2, 0.25) is 0 Å². The number of nitrogens with zero attached hydrogens (tertiary/aromatic N) is 1. The summed E-state index contributed by atoms with van der Waals surface area (Å²) in [6, 6.07) is 6.88. The Bertz CT molecular complexity index is 769. The van der Waals surface area contributed by atoms with Gasteiger partial charge in [-0.15, -0.1) is 0 Å². The van der Waals surface area contributed by atoms with E-state index >= 15 is 0 Å². The number of carbonyl (C=O) groups is 2. The summed E-state index contributed by atoms with van der Waals surface area (Å²) in [7, 11) is 0. The second kappa shape index (κ2) is 7.53. The number of aromatic nitrogens is 2. The van der Waals surface area contributed by atoms with E-state index in [-0.39, 0.29) is 17.9 Å². The van der Waals surface area contributed by atoms with Crippen LogP contribution in [0.25, 0.3) is 10.8 Å². The van der Waals surface area contributed by atoms with Crippen molar-refractivity contribution in [1.29, 1.82) is 0 Å². The van der Waals surface area contributed by atoms with Gasteiger partial charge >= 0.3 is 5.97 Å². The zero-order valence-electron chi connectivity index (χ0n) is 13.1. The van der Waals surface area contributed by atoms with E-state index in [2.05, 4.69) is 15.5 Å². The number of nitrogens with one attached hydrogen (secondary N) is 2. The third-order valence-electron chi connectivity index (χ3n) is 3.31. The Hall–Kier alpha value is -2.70. The zero-order chi connectivity index (χ0) is 16.8. The molecule has 0 bridgehead atoms. The second-order valence-electron chi connectivity index (χ2n) is 5.14. The smallest absolute Gasteiger partial charge is 0.312 e. The molecule has 122 valence electrons. The van der Waals surface area contributed by atoms with Crippen LogP contribution >= 0.6 is 0 Å². The Morgan fingerprint density at radius 1 is 1.30 bits per heavy atom. The normalized spacial score (nSPS) is 11.9. The number of carbonyl (C=O) groups excluding carboxylic acids is 2. The van der Waals surface area contributed by atoms with Crippen LogP contribution in [-0.2, 0) is 20.7 Å². The van der Waals surface area contributed by atoms with Crippen LogP contribution in [0.4, 0.5) is 0 Å². The highest BCUT2D eigenvalue weighted by molar-refractivity contribution is 5.88. The number of H-pyrrole nitrogens is 1. The first kappa shape index (κ1) is 16.7. The lowest BCUT2D eigenvalue weighted by molar-refractivity contribution is -0.154. The first-order chi connectivity index (χ1) is 11.0. The Labute approximate surface area is 133 Å². The summed E-state index contributed by atoms with van der Waals surface area (Å²) in [4.78, 5) is 35.4.